The molecular formula is C9H13N7O. The maximum atomic E-state index is 11.8. The van der Waals surface area contributed by atoms with Gasteiger partial charge in [-0.15, -0.1) is 5.10 Å². The van der Waals surface area contributed by atoms with Gasteiger partial charge in [-0.25, -0.2) is 0 Å². The second-order valence-electron chi connectivity index (χ2n) is 3.54. The van der Waals surface area contributed by atoms with Crippen LogP contribution in [0.25, 0.3) is 0 Å². The van der Waals surface area contributed by atoms with Gasteiger partial charge in [-0.05, 0) is 6.92 Å². The topological polar surface area (TPSA) is 115 Å². The number of hydrogen-bond donors (Lipinski definition) is 3. The lowest BCUT2D eigenvalue weighted by molar-refractivity contribution is 0.102. The molecule has 2 heterocycles. The number of aromatic nitrogens is 5. The fourth-order valence-electron chi connectivity index (χ4n) is 1.29. The van der Waals surface area contributed by atoms with Crippen molar-refractivity contribution in [1.29, 1.82) is 0 Å². The number of nitrogens with zero attached hydrogens (tertiary/aromatic N) is 4. The molecule has 2 aromatic heterocycles. The molecule has 0 atom stereocenters. The molecule has 8 heteroatoms. The Labute approximate surface area is 97.2 Å². The van der Waals surface area contributed by atoms with Crippen LogP contribution in [-0.4, -0.2) is 37.6 Å². The van der Waals surface area contributed by atoms with Crippen molar-refractivity contribution in [1.82, 2.24) is 25.2 Å². The molecule has 17 heavy (non-hydrogen) atoms. The molecule has 0 spiro atoms. The first-order chi connectivity index (χ1) is 8.20. The van der Waals surface area contributed by atoms with Gasteiger partial charge in [0.15, 0.2) is 5.69 Å². The molecule has 0 aliphatic rings. The fraction of sp³-hybridized carbons (Fsp3) is 0.333. The molecule has 0 fully saturated rings. The van der Waals surface area contributed by atoms with Gasteiger partial charge in [0.05, 0.1) is 18.9 Å². The van der Waals surface area contributed by atoms with Gasteiger partial charge in [0, 0.05) is 12.1 Å². The molecule has 0 aliphatic carbocycles. The molecule has 1 amide bonds. The Balaban J connectivity index is 2.07. The molecular weight excluding hydrogens is 222 g/mol. The van der Waals surface area contributed by atoms with Crippen LogP contribution >= 0.6 is 0 Å². The minimum Gasteiger partial charge on any atom is -0.329 e. The van der Waals surface area contributed by atoms with Crippen LogP contribution in [0.5, 0.6) is 0 Å². The zero-order chi connectivity index (χ0) is 12.3. The van der Waals surface area contributed by atoms with Crippen molar-refractivity contribution >= 4 is 11.7 Å². The number of nitrogens with one attached hydrogen (secondary N) is 2. The van der Waals surface area contributed by atoms with E-state index in [0.717, 1.165) is 5.56 Å². The van der Waals surface area contributed by atoms with Crippen LogP contribution in [0.2, 0.25) is 0 Å². The van der Waals surface area contributed by atoms with E-state index in [-0.39, 0.29) is 11.6 Å². The average molecular weight is 235 g/mol. The summed E-state index contributed by atoms with van der Waals surface area (Å²) in [7, 11) is 0. The summed E-state index contributed by atoms with van der Waals surface area (Å²) in [5, 5.41) is 16.7. The number of hydrogen-bond acceptors (Lipinski definition) is 5. The quantitative estimate of drug-likeness (QED) is 0.662. The van der Waals surface area contributed by atoms with E-state index in [0.29, 0.717) is 18.9 Å². The molecule has 8 nitrogen and oxygen atoms in total. The highest BCUT2D eigenvalue weighted by Crippen LogP contribution is 2.09. The largest absolute Gasteiger partial charge is 0.329 e. The van der Waals surface area contributed by atoms with Gasteiger partial charge in [0.2, 0.25) is 0 Å². The Kier molecular flexibility index (Phi) is 3.15. The Morgan fingerprint density at radius 3 is 3.12 bits per heavy atom. The normalized spacial score (nSPS) is 10.5. The van der Waals surface area contributed by atoms with Gasteiger partial charge in [-0.2, -0.15) is 5.10 Å². The first-order valence-electron chi connectivity index (χ1n) is 5.12. The molecule has 0 aliphatic heterocycles. The summed E-state index contributed by atoms with van der Waals surface area (Å²) < 4.78 is 1.52. The average Bonchev–Trinajstić information content (AvgIpc) is 2.90. The smallest absolute Gasteiger partial charge is 0.278 e. The Morgan fingerprint density at radius 1 is 1.65 bits per heavy atom. The van der Waals surface area contributed by atoms with Crippen molar-refractivity contribution in [2.45, 2.75) is 13.5 Å². The standard InChI is InChI=1S/C9H13N7O/c1-6-4-11-14-8(6)12-9(17)7-5-16(3-2-10)15-13-7/h4-5H,2-3,10H2,1H3,(H2,11,12,14,17). The van der Waals surface area contributed by atoms with Crippen molar-refractivity contribution in [3.63, 3.8) is 0 Å². The molecule has 0 saturated carbocycles. The number of aryl methyl sites for hydroxylation is 1. The van der Waals surface area contributed by atoms with Crippen LogP contribution in [0.4, 0.5) is 5.82 Å². The maximum Gasteiger partial charge on any atom is 0.278 e. The molecule has 0 radical (unpaired) electrons. The highest BCUT2D eigenvalue weighted by atomic mass is 16.2. The van der Waals surface area contributed by atoms with Crippen LogP contribution < -0.4 is 11.1 Å². The van der Waals surface area contributed by atoms with Crippen LogP contribution in [0.1, 0.15) is 16.1 Å². The van der Waals surface area contributed by atoms with Gasteiger partial charge in [0.25, 0.3) is 5.91 Å². The lowest BCUT2D eigenvalue weighted by Crippen LogP contribution is -2.13. The fourth-order valence-corrected chi connectivity index (χ4v) is 1.29. The summed E-state index contributed by atoms with van der Waals surface area (Å²) in [5.41, 5.74) is 6.47. The van der Waals surface area contributed by atoms with Gasteiger partial charge in [-0.1, -0.05) is 5.21 Å². The molecule has 0 unspecified atom stereocenters. The van der Waals surface area contributed by atoms with E-state index in [2.05, 4.69) is 25.8 Å². The van der Waals surface area contributed by atoms with Crippen molar-refractivity contribution in [3.05, 3.63) is 23.7 Å². The highest BCUT2D eigenvalue weighted by molar-refractivity contribution is 6.02. The number of nitrogens with two attached hydrogens (primary N) is 1. The number of aromatic amines is 1. The lowest BCUT2D eigenvalue weighted by atomic mass is 10.3. The first kappa shape index (κ1) is 11.3. The van der Waals surface area contributed by atoms with Crippen LogP contribution in [0, 0.1) is 6.92 Å². The summed E-state index contributed by atoms with van der Waals surface area (Å²) in [6.07, 6.45) is 3.18. The minimum atomic E-state index is -0.333. The van der Waals surface area contributed by atoms with Crippen molar-refractivity contribution in [3.8, 4) is 0 Å². The van der Waals surface area contributed by atoms with E-state index >= 15 is 0 Å². The number of amides is 1. The molecule has 0 bridgehead atoms. The summed E-state index contributed by atoms with van der Waals surface area (Å²) in [4.78, 5) is 11.8. The molecule has 0 aromatic carbocycles. The van der Waals surface area contributed by atoms with Gasteiger partial charge >= 0.3 is 0 Å². The highest BCUT2D eigenvalue weighted by Gasteiger charge is 2.12. The van der Waals surface area contributed by atoms with Crippen LogP contribution in [-0.2, 0) is 6.54 Å². The second kappa shape index (κ2) is 4.74. The van der Waals surface area contributed by atoms with E-state index in [9.17, 15) is 4.79 Å². The van der Waals surface area contributed by atoms with Crippen LogP contribution in [0.3, 0.4) is 0 Å². The van der Waals surface area contributed by atoms with Crippen molar-refractivity contribution in [2.75, 3.05) is 11.9 Å². The third-order valence-electron chi connectivity index (χ3n) is 2.20. The summed E-state index contributed by atoms with van der Waals surface area (Å²) in [6, 6.07) is 0. The lowest BCUT2D eigenvalue weighted by Gasteiger charge is -1.99. The Hall–Kier alpha value is -2.22. The summed E-state index contributed by atoms with van der Waals surface area (Å²) in [6.45, 7) is 2.82. The molecule has 90 valence electrons. The molecule has 2 aromatic rings. The zero-order valence-corrected chi connectivity index (χ0v) is 9.34. The Morgan fingerprint density at radius 2 is 2.47 bits per heavy atom. The van der Waals surface area contributed by atoms with E-state index < -0.39 is 0 Å². The molecule has 0 saturated heterocycles. The van der Waals surface area contributed by atoms with Gasteiger partial charge in [0.1, 0.15) is 5.82 Å². The zero-order valence-electron chi connectivity index (χ0n) is 9.34. The van der Waals surface area contributed by atoms with Crippen LogP contribution in [0.15, 0.2) is 12.4 Å². The molecule has 2 rings (SSSR count). The van der Waals surface area contributed by atoms with E-state index in [1.54, 1.807) is 12.4 Å². The second-order valence-corrected chi connectivity index (χ2v) is 3.54. The summed E-state index contributed by atoms with van der Waals surface area (Å²) in [5.74, 6) is 0.226. The third kappa shape index (κ3) is 2.48. The third-order valence-corrected chi connectivity index (χ3v) is 2.20. The van der Waals surface area contributed by atoms with E-state index in [1.807, 2.05) is 6.92 Å². The Bertz CT molecular complexity index is 515. The minimum absolute atomic E-state index is 0.243. The van der Waals surface area contributed by atoms with Gasteiger partial charge < -0.3 is 11.1 Å². The van der Waals surface area contributed by atoms with Gasteiger partial charge in [-0.3, -0.25) is 14.6 Å². The number of H-pyrrole nitrogens is 1. The number of carbonyl (C=O) groups is 1. The monoisotopic (exact) mass is 235 g/mol. The summed E-state index contributed by atoms with van der Waals surface area (Å²) >= 11 is 0. The van der Waals surface area contributed by atoms with E-state index in [1.165, 1.54) is 4.68 Å². The van der Waals surface area contributed by atoms with E-state index in [4.69, 9.17) is 5.73 Å². The predicted octanol–water partition coefficient (Wildman–Crippen LogP) is -0.479. The van der Waals surface area contributed by atoms with Crippen molar-refractivity contribution in [2.24, 2.45) is 5.73 Å². The molecule has 4 N–H and O–H groups in total. The number of rotatable bonds is 4. The SMILES string of the molecule is Cc1cn[nH]c1NC(=O)c1cn(CCN)nn1. The predicted molar refractivity (Wildman–Crippen MR) is 60.4 cm³/mol. The number of anilines is 1. The first-order valence-corrected chi connectivity index (χ1v) is 5.12. The van der Waals surface area contributed by atoms with Crippen molar-refractivity contribution < 1.29 is 4.79 Å². The maximum absolute atomic E-state index is 11.8. The number of carbonyl (C=O) groups excluding carboxylic acids is 1.